The summed E-state index contributed by atoms with van der Waals surface area (Å²) in [5, 5.41) is 12.5. The Labute approximate surface area is 87.3 Å². The summed E-state index contributed by atoms with van der Waals surface area (Å²) in [5.41, 5.74) is 1.19. The molecule has 1 nitrogen and oxygen atoms in total. The molecule has 2 heteroatoms. The molecule has 0 spiro atoms. The molecule has 1 heterocycles. The Bertz CT molecular complexity index is 454. The van der Waals surface area contributed by atoms with Crippen molar-refractivity contribution in [1.82, 2.24) is 0 Å². The molecule has 0 aliphatic heterocycles. The SMILES string of the molecule is CC(O)/C=C/c1csc2ccccc12. The van der Waals surface area contributed by atoms with Crippen molar-refractivity contribution in [2.75, 3.05) is 0 Å². The summed E-state index contributed by atoms with van der Waals surface area (Å²) in [5.74, 6) is 0. The van der Waals surface area contributed by atoms with Gasteiger partial charge in [0.1, 0.15) is 0 Å². The van der Waals surface area contributed by atoms with E-state index in [9.17, 15) is 0 Å². The highest BCUT2D eigenvalue weighted by Gasteiger charge is 1.99. The zero-order chi connectivity index (χ0) is 9.97. The number of thiophene rings is 1. The van der Waals surface area contributed by atoms with Gasteiger partial charge < -0.3 is 5.11 Å². The van der Waals surface area contributed by atoms with Crippen LogP contribution in [0.1, 0.15) is 12.5 Å². The predicted molar refractivity (Wildman–Crippen MR) is 62.5 cm³/mol. The summed E-state index contributed by atoms with van der Waals surface area (Å²) in [6.45, 7) is 1.76. The summed E-state index contributed by atoms with van der Waals surface area (Å²) in [4.78, 5) is 0. The number of fused-ring (bicyclic) bond motifs is 1. The zero-order valence-corrected chi connectivity index (χ0v) is 8.79. The quantitative estimate of drug-likeness (QED) is 0.795. The van der Waals surface area contributed by atoms with Crippen LogP contribution in [0.4, 0.5) is 0 Å². The molecule has 72 valence electrons. The van der Waals surface area contributed by atoms with Crippen molar-refractivity contribution >= 4 is 27.5 Å². The van der Waals surface area contributed by atoms with E-state index >= 15 is 0 Å². The number of aliphatic hydroxyl groups is 1. The molecule has 0 aliphatic carbocycles. The lowest BCUT2D eigenvalue weighted by molar-refractivity contribution is 0.245. The van der Waals surface area contributed by atoms with Crippen LogP contribution in [0.25, 0.3) is 16.2 Å². The van der Waals surface area contributed by atoms with Crippen molar-refractivity contribution < 1.29 is 5.11 Å². The fourth-order valence-electron chi connectivity index (χ4n) is 1.37. The van der Waals surface area contributed by atoms with Crippen molar-refractivity contribution in [3.63, 3.8) is 0 Å². The largest absolute Gasteiger partial charge is 0.389 e. The molecular formula is C12H12OS. The van der Waals surface area contributed by atoms with E-state index in [1.54, 1.807) is 24.3 Å². The fraction of sp³-hybridized carbons (Fsp3) is 0.167. The lowest BCUT2D eigenvalue weighted by atomic mass is 10.1. The molecule has 14 heavy (non-hydrogen) atoms. The van der Waals surface area contributed by atoms with E-state index in [4.69, 9.17) is 5.11 Å². The van der Waals surface area contributed by atoms with E-state index in [1.807, 2.05) is 18.2 Å². The fourth-order valence-corrected chi connectivity index (χ4v) is 2.30. The van der Waals surface area contributed by atoms with Gasteiger partial charge in [-0.1, -0.05) is 30.4 Å². The number of rotatable bonds is 2. The Balaban J connectivity index is 2.43. The highest BCUT2D eigenvalue weighted by Crippen LogP contribution is 2.26. The average Bonchev–Trinajstić information content (AvgIpc) is 2.58. The molecule has 0 fully saturated rings. The zero-order valence-electron chi connectivity index (χ0n) is 7.97. The van der Waals surface area contributed by atoms with E-state index < -0.39 is 0 Å². The summed E-state index contributed by atoms with van der Waals surface area (Å²) in [7, 11) is 0. The maximum Gasteiger partial charge on any atom is 0.0696 e. The minimum absolute atomic E-state index is 0.381. The van der Waals surface area contributed by atoms with Crippen molar-refractivity contribution in [3.8, 4) is 0 Å². The molecule has 1 N–H and O–H groups in total. The molecule has 0 bridgehead atoms. The summed E-state index contributed by atoms with van der Waals surface area (Å²) >= 11 is 1.73. The Hall–Kier alpha value is -1.12. The van der Waals surface area contributed by atoms with Gasteiger partial charge in [-0.25, -0.2) is 0 Å². The van der Waals surface area contributed by atoms with Gasteiger partial charge in [0.25, 0.3) is 0 Å². The van der Waals surface area contributed by atoms with Gasteiger partial charge in [0.15, 0.2) is 0 Å². The van der Waals surface area contributed by atoms with Crippen LogP contribution in [0.3, 0.4) is 0 Å². The molecule has 0 amide bonds. The standard InChI is InChI=1S/C12H12OS/c1-9(13)6-7-10-8-14-12-5-3-2-4-11(10)12/h2-9,13H,1H3/b7-6+. The molecule has 0 saturated carbocycles. The Morgan fingerprint density at radius 1 is 1.36 bits per heavy atom. The first-order valence-electron chi connectivity index (χ1n) is 4.60. The van der Waals surface area contributed by atoms with E-state index in [2.05, 4.69) is 17.5 Å². The minimum Gasteiger partial charge on any atom is -0.389 e. The molecule has 2 rings (SSSR count). The van der Waals surface area contributed by atoms with Crippen LogP contribution in [0.15, 0.2) is 35.7 Å². The van der Waals surface area contributed by atoms with Crippen molar-refractivity contribution in [2.45, 2.75) is 13.0 Å². The second kappa shape index (κ2) is 3.95. The first-order chi connectivity index (χ1) is 6.77. The molecule has 1 aromatic carbocycles. The normalized spacial score (nSPS) is 13.9. The van der Waals surface area contributed by atoms with Gasteiger partial charge >= 0.3 is 0 Å². The van der Waals surface area contributed by atoms with Crippen molar-refractivity contribution in [2.24, 2.45) is 0 Å². The molecule has 1 atom stereocenters. The summed E-state index contributed by atoms with van der Waals surface area (Å²) in [6.07, 6.45) is 3.39. The average molecular weight is 204 g/mol. The Morgan fingerprint density at radius 3 is 2.93 bits per heavy atom. The van der Waals surface area contributed by atoms with Crippen molar-refractivity contribution in [1.29, 1.82) is 0 Å². The van der Waals surface area contributed by atoms with Gasteiger partial charge in [-0.15, -0.1) is 11.3 Å². The van der Waals surface area contributed by atoms with E-state index in [1.165, 1.54) is 15.6 Å². The highest BCUT2D eigenvalue weighted by molar-refractivity contribution is 7.17. The summed E-state index contributed by atoms with van der Waals surface area (Å²) in [6, 6.07) is 8.29. The molecule has 0 aliphatic rings. The minimum atomic E-state index is -0.381. The van der Waals surface area contributed by atoms with Gasteiger partial charge in [-0.2, -0.15) is 0 Å². The monoisotopic (exact) mass is 204 g/mol. The van der Waals surface area contributed by atoms with E-state index in [0.717, 1.165) is 0 Å². The van der Waals surface area contributed by atoms with Crippen molar-refractivity contribution in [3.05, 3.63) is 41.3 Å². The molecule has 0 radical (unpaired) electrons. The van der Waals surface area contributed by atoms with Crippen LogP contribution in [-0.2, 0) is 0 Å². The Kier molecular flexibility index (Phi) is 2.66. The van der Waals surface area contributed by atoms with Crippen LogP contribution in [-0.4, -0.2) is 11.2 Å². The third-order valence-corrected chi connectivity index (χ3v) is 3.05. The third-order valence-electron chi connectivity index (χ3n) is 2.07. The van der Waals surface area contributed by atoms with Gasteiger partial charge in [-0.05, 0) is 29.3 Å². The van der Waals surface area contributed by atoms with Gasteiger partial charge in [0.05, 0.1) is 6.10 Å². The first kappa shape index (κ1) is 9.44. The van der Waals surface area contributed by atoms with Crippen LogP contribution in [0.2, 0.25) is 0 Å². The van der Waals surface area contributed by atoms with Crippen LogP contribution in [0, 0.1) is 0 Å². The molecule has 1 aromatic heterocycles. The lowest BCUT2D eigenvalue weighted by Crippen LogP contribution is -1.90. The predicted octanol–water partition coefficient (Wildman–Crippen LogP) is 3.30. The number of aliphatic hydroxyl groups excluding tert-OH is 1. The molecule has 2 aromatic rings. The number of benzene rings is 1. The van der Waals surface area contributed by atoms with Gasteiger partial charge in [0, 0.05) is 4.70 Å². The van der Waals surface area contributed by atoms with E-state index in [-0.39, 0.29) is 6.10 Å². The number of hydrogen-bond acceptors (Lipinski definition) is 2. The molecule has 0 saturated heterocycles. The van der Waals surface area contributed by atoms with Gasteiger partial charge in [0.2, 0.25) is 0 Å². The second-order valence-corrected chi connectivity index (χ2v) is 4.20. The van der Waals surface area contributed by atoms with Crippen LogP contribution < -0.4 is 0 Å². The maximum absolute atomic E-state index is 9.14. The second-order valence-electron chi connectivity index (χ2n) is 3.29. The molecular weight excluding hydrogens is 192 g/mol. The van der Waals surface area contributed by atoms with Crippen LogP contribution in [0.5, 0.6) is 0 Å². The lowest BCUT2D eigenvalue weighted by Gasteiger charge is -1.93. The maximum atomic E-state index is 9.14. The molecule has 1 unspecified atom stereocenters. The van der Waals surface area contributed by atoms with Gasteiger partial charge in [-0.3, -0.25) is 0 Å². The topological polar surface area (TPSA) is 20.2 Å². The first-order valence-corrected chi connectivity index (χ1v) is 5.48. The smallest absolute Gasteiger partial charge is 0.0696 e. The number of hydrogen-bond donors (Lipinski definition) is 1. The Morgan fingerprint density at radius 2 is 2.14 bits per heavy atom. The highest BCUT2D eigenvalue weighted by atomic mass is 32.1. The summed E-state index contributed by atoms with van der Waals surface area (Å²) < 4.78 is 1.29. The third kappa shape index (κ3) is 1.86. The van der Waals surface area contributed by atoms with E-state index in [0.29, 0.717) is 0 Å². The van der Waals surface area contributed by atoms with Crippen LogP contribution >= 0.6 is 11.3 Å².